The fourth-order valence-corrected chi connectivity index (χ4v) is 3.07. The number of anilines is 1. The molecule has 0 unspecified atom stereocenters. The van der Waals surface area contributed by atoms with Crippen molar-refractivity contribution in [1.82, 2.24) is 4.98 Å². The number of hydrogen-bond acceptors (Lipinski definition) is 4. The summed E-state index contributed by atoms with van der Waals surface area (Å²) in [5.74, 6) is -0.141. The largest absolute Gasteiger partial charge is 0.478 e. The maximum atomic E-state index is 10.7. The Balaban J connectivity index is 1.75. The fraction of sp³-hybridized carbons (Fsp3) is 0.300. The van der Waals surface area contributed by atoms with Gasteiger partial charge in [0.05, 0.1) is 11.8 Å². The van der Waals surface area contributed by atoms with Crippen molar-refractivity contribution in [2.45, 2.75) is 37.8 Å². The molecule has 0 radical (unpaired) electrons. The maximum Gasteiger partial charge on any atom is 0.328 e. The second kappa shape index (κ2) is 7.94. The zero-order chi connectivity index (χ0) is 17.6. The van der Waals surface area contributed by atoms with Crippen LogP contribution in [0, 0.1) is 0 Å². The number of hydrogen-bond donors (Lipinski definition) is 3. The number of carboxylic acids is 1. The molecule has 25 heavy (non-hydrogen) atoms. The second-order valence-corrected chi connectivity index (χ2v) is 6.35. The van der Waals surface area contributed by atoms with Crippen LogP contribution in [0.1, 0.15) is 31.2 Å². The van der Waals surface area contributed by atoms with Crippen molar-refractivity contribution in [3.63, 3.8) is 0 Å². The van der Waals surface area contributed by atoms with Gasteiger partial charge in [0.1, 0.15) is 5.82 Å². The van der Waals surface area contributed by atoms with Crippen LogP contribution >= 0.6 is 0 Å². The molecule has 0 amide bonds. The van der Waals surface area contributed by atoms with Crippen LogP contribution in [0.3, 0.4) is 0 Å². The van der Waals surface area contributed by atoms with Crippen molar-refractivity contribution < 1.29 is 15.0 Å². The SMILES string of the molecule is O=C(O)/C=C/c1cccc(-c2cccc(N[C@H]3CC[C@H](O)CC3)n2)c1. The molecule has 1 aromatic carbocycles. The highest BCUT2D eigenvalue weighted by atomic mass is 16.4. The lowest BCUT2D eigenvalue weighted by molar-refractivity contribution is -0.131. The number of rotatable bonds is 5. The molecule has 5 heteroatoms. The molecular formula is C20H22N2O3. The van der Waals surface area contributed by atoms with Gasteiger partial charge >= 0.3 is 5.97 Å². The Hall–Kier alpha value is -2.66. The fourth-order valence-electron chi connectivity index (χ4n) is 3.07. The highest BCUT2D eigenvalue weighted by molar-refractivity contribution is 5.85. The Morgan fingerprint density at radius 1 is 1.12 bits per heavy atom. The lowest BCUT2D eigenvalue weighted by Crippen LogP contribution is -2.28. The number of nitrogens with one attached hydrogen (secondary N) is 1. The molecule has 1 heterocycles. The molecule has 0 atom stereocenters. The number of pyridine rings is 1. The van der Waals surface area contributed by atoms with Gasteiger partial charge in [0.15, 0.2) is 0 Å². The predicted molar refractivity (Wildman–Crippen MR) is 98.2 cm³/mol. The Kier molecular flexibility index (Phi) is 5.46. The Labute approximate surface area is 147 Å². The molecule has 1 fully saturated rings. The molecule has 3 rings (SSSR count). The van der Waals surface area contributed by atoms with Gasteiger partial charge in [-0.05, 0) is 55.5 Å². The first kappa shape index (κ1) is 17.2. The molecule has 0 spiro atoms. The van der Waals surface area contributed by atoms with E-state index < -0.39 is 5.97 Å². The predicted octanol–water partition coefficient (Wildman–Crippen LogP) is 3.56. The summed E-state index contributed by atoms with van der Waals surface area (Å²) in [6.45, 7) is 0. The van der Waals surface area contributed by atoms with Crippen LogP contribution in [0.25, 0.3) is 17.3 Å². The van der Waals surface area contributed by atoms with Gasteiger partial charge in [0, 0.05) is 17.7 Å². The summed E-state index contributed by atoms with van der Waals surface area (Å²) in [6.07, 6.45) is 6.08. The van der Waals surface area contributed by atoms with Crippen LogP contribution in [-0.2, 0) is 4.79 Å². The van der Waals surface area contributed by atoms with E-state index in [0.29, 0.717) is 6.04 Å². The van der Waals surface area contributed by atoms with Crippen molar-refractivity contribution in [2.75, 3.05) is 5.32 Å². The molecule has 3 N–H and O–H groups in total. The quantitative estimate of drug-likeness (QED) is 0.726. The summed E-state index contributed by atoms with van der Waals surface area (Å²) in [6, 6.07) is 13.8. The van der Waals surface area contributed by atoms with Crippen LogP contribution in [0.5, 0.6) is 0 Å². The molecule has 130 valence electrons. The topological polar surface area (TPSA) is 82.5 Å². The first-order valence-corrected chi connectivity index (χ1v) is 8.53. The van der Waals surface area contributed by atoms with Crippen molar-refractivity contribution >= 4 is 17.9 Å². The molecule has 1 aliphatic rings. The summed E-state index contributed by atoms with van der Waals surface area (Å²) < 4.78 is 0. The Bertz CT molecular complexity index is 765. The van der Waals surface area contributed by atoms with E-state index in [1.807, 2.05) is 42.5 Å². The zero-order valence-corrected chi connectivity index (χ0v) is 13.9. The molecular weight excluding hydrogens is 316 g/mol. The number of aliphatic carboxylic acids is 1. The minimum atomic E-state index is -0.965. The third kappa shape index (κ3) is 4.90. The minimum absolute atomic E-state index is 0.168. The Morgan fingerprint density at radius 3 is 2.64 bits per heavy atom. The van der Waals surface area contributed by atoms with Gasteiger partial charge in [-0.3, -0.25) is 0 Å². The van der Waals surface area contributed by atoms with Crippen LogP contribution in [0.2, 0.25) is 0 Å². The van der Waals surface area contributed by atoms with E-state index in [9.17, 15) is 9.90 Å². The van der Waals surface area contributed by atoms with Crippen LogP contribution in [0.4, 0.5) is 5.82 Å². The molecule has 0 aliphatic heterocycles. The third-order valence-electron chi connectivity index (χ3n) is 4.40. The Morgan fingerprint density at radius 2 is 1.88 bits per heavy atom. The average molecular weight is 338 g/mol. The average Bonchev–Trinajstić information content (AvgIpc) is 2.62. The monoisotopic (exact) mass is 338 g/mol. The van der Waals surface area contributed by atoms with Gasteiger partial charge in [-0.2, -0.15) is 0 Å². The summed E-state index contributed by atoms with van der Waals surface area (Å²) in [7, 11) is 0. The lowest BCUT2D eigenvalue weighted by atomic mass is 9.93. The smallest absolute Gasteiger partial charge is 0.328 e. The van der Waals surface area contributed by atoms with Crippen LogP contribution in [0.15, 0.2) is 48.5 Å². The standard InChI is InChI=1S/C20H22N2O3/c23-17-10-8-16(9-11-17)21-19-6-2-5-18(22-19)15-4-1-3-14(13-15)7-12-20(24)25/h1-7,12-13,16-17,23H,8-11H2,(H,21,22)(H,24,25)/b12-7+/t16-,17-. The molecule has 5 nitrogen and oxygen atoms in total. The molecule has 0 bridgehead atoms. The minimum Gasteiger partial charge on any atom is -0.478 e. The van der Waals surface area contributed by atoms with Crippen molar-refractivity contribution in [3.05, 3.63) is 54.1 Å². The number of carboxylic acid groups (broad SMARTS) is 1. The van der Waals surface area contributed by atoms with E-state index in [1.54, 1.807) is 6.08 Å². The lowest BCUT2D eigenvalue weighted by Gasteiger charge is -2.26. The number of aromatic nitrogens is 1. The summed E-state index contributed by atoms with van der Waals surface area (Å²) >= 11 is 0. The van der Waals surface area contributed by atoms with Gasteiger partial charge in [-0.25, -0.2) is 9.78 Å². The number of carbonyl (C=O) groups is 1. The number of aliphatic hydroxyl groups is 1. The molecule has 0 saturated heterocycles. The van der Waals surface area contributed by atoms with E-state index in [0.717, 1.165) is 54.4 Å². The first-order chi connectivity index (χ1) is 12.1. The van der Waals surface area contributed by atoms with Crippen LogP contribution < -0.4 is 5.32 Å². The normalized spacial score (nSPS) is 20.5. The van der Waals surface area contributed by atoms with Gasteiger partial charge in [0.2, 0.25) is 0 Å². The summed E-state index contributed by atoms with van der Waals surface area (Å²) in [5, 5.41) is 21.8. The summed E-state index contributed by atoms with van der Waals surface area (Å²) in [5.41, 5.74) is 2.60. The van der Waals surface area contributed by atoms with Gasteiger partial charge in [-0.15, -0.1) is 0 Å². The van der Waals surface area contributed by atoms with E-state index in [4.69, 9.17) is 5.11 Å². The van der Waals surface area contributed by atoms with E-state index >= 15 is 0 Å². The van der Waals surface area contributed by atoms with Crippen molar-refractivity contribution in [2.24, 2.45) is 0 Å². The van der Waals surface area contributed by atoms with Gasteiger partial charge < -0.3 is 15.5 Å². The van der Waals surface area contributed by atoms with Gasteiger partial charge in [0.25, 0.3) is 0 Å². The van der Waals surface area contributed by atoms with Crippen LogP contribution in [-0.4, -0.2) is 33.3 Å². The molecule has 1 aromatic heterocycles. The zero-order valence-electron chi connectivity index (χ0n) is 13.9. The van der Waals surface area contributed by atoms with E-state index in [2.05, 4.69) is 10.3 Å². The highest BCUT2D eigenvalue weighted by Gasteiger charge is 2.19. The number of benzene rings is 1. The second-order valence-electron chi connectivity index (χ2n) is 6.35. The molecule has 1 aliphatic carbocycles. The van der Waals surface area contributed by atoms with Gasteiger partial charge in [-0.1, -0.05) is 24.3 Å². The molecule has 2 aromatic rings. The maximum absolute atomic E-state index is 10.7. The van der Waals surface area contributed by atoms with E-state index in [-0.39, 0.29) is 6.10 Å². The number of aliphatic hydroxyl groups excluding tert-OH is 1. The molecule has 1 saturated carbocycles. The van der Waals surface area contributed by atoms with Crippen molar-refractivity contribution in [1.29, 1.82) is 0 Å². The third-order valence-corrected chi connectivity index (χ3v) is 4.40. The van der Waals surface area contributed by atoms with E-state index in [1.165, 1.54) is 0 Å². The summed E-state index contributed by atoms with van der Waals surface area (Å²) in [4.78, 5) is 15.3. The first-order valence-electron chi connectivity index (χ1n) is 8.53. The van der Waals surface area contributed by atoms with Crippen molar-refractivity contribution in [3.8, 4) is 11.3 Å². The number of nitrogens with zero attached hydrogens (tertiary/aromatic N) is 1. The highest BCUT2D eigenvalue weighted by Crippen LogP contribution is 2.24.